The third-order valence-electron chi connectivity index (χ3n) is 7.06. The first kappa shape index (κ1) is 26.1. The van der Waals surface area contributed by atoms with E-state index in [0.717, 1.165) is 21.3 Å². The van der Waals surface area contributed by atoms with E-state index >= 15 is 0 Å². The SMILES string of the molecule is CCOc1cc([C@@H]2[C@@H]3C(=O)N(c4ccc(Br)cc4)C(=O)[C@@H]3ON2c2ccccc2)ccc1OCc1ccccc1. The van der Waals surface area contributed by atoms with Gasteiger partial charge in [-0.25, -0.2) is 9.96 Å². The summed E-state index contributed by atoms with van der Waals surface area (Å²) in [6.07, 6.45) is -0.953. The molecule has 4 aromatic rings. The van der Waals surface area contributed by atoms with Crippen molar-refractivity contribution in [1.82, 2.24) is 0 Å². The minimum atomic E-state index is -0.953. The van der Waals surface area contributed by atoms with E-state index in [2.05, 4.69) is 15.9 Å². The van der Waals surface area contributed by atoms with Gasteiger partial charge in [-0.1, -0.05) is 70.5 Å². The van der Waals surface area contributed by atoms with Crippen LogP contribution < -0.4 is 19.4 Å². The number of halogens is 1. The number of para-hydroxylation sites is 1. The van der Waals surface area contributed by atoms with Crippen LogP contribution in [0, 0.1) is 5.92 Å². The first-order valence-corrected chi connectivity index (χ1v) is 13.9. The smallest absolute Gasteiger partial charge is 0.266 e. The fourth-order valence-electron chi connectivity index (χ4n) is 5.23. The Morgan fingerprint density at radius 1 is 0.775 bits per heavy atom. The van der Waals surface area contributed by atoms with Gasteiger partial charge < -0.3 is 9.47 Å². The number of hydrogen-bond acceptors (Lipinski definition) is 6. The fraction of sp³-hybridized carbons (Fsp3) is 0.188. The molecule has 2 saturated heterocycles. The summed E-state index contributed by atoms with van der Waals surface area (Å²) in [7, 11) is 0. The summed E-state index contributed by atoms with van der Waals surface area (Å²) in [5, 5.41) is 1.68. The maximum atomic E-state index is 13.9. The normalized spacial score (nSPS) is 20.1. The van der Waals surface area contributed by atoms with Gasteiger partial charge in [-0.2, -0.15) is 0 Å². The highest BCUT2D eigenvalue weighted by atomic mass is 79.9. The molecule has 4 aromatic carbocycles. The van der Waals surface area contributed by atoms with Crippen molar-refractivity contribution in [3.8, 4) is 11.5 Å². The summed E-state index contributed by atoms with van der Waals surface area (Å²) in [6.45, 7) is 2.74. The van der Waals surface area contributed by atoms with Gasteiger partial charge in [0, 0.05) is 4.47 Å². The summed E-state index contributed by atoms with van der Waals surface area (Å²) in [5.41, 5.74) is 3.09. The molecule has 0 aliphatic carbocycles. The van der Waals surface area contributed by atoms with Crippen LogP contribution in [0.25, 0.3) is 0 Å². The number of imide groups is 1. The van der Waals surface area contributed by atoms with Crippen LogP contribution in [0.15, 0.2) is 108 Å². The predicted molar refractivity (Wildman–Crippen MR) is 155 cm³/mol. The molecule has 0 unspecified atom stereocenters. The van der Waals surface area contributed by atoms with Crippen molar-refractivity contribution in [3.05, 3.63) is 119 Å². The van der Waals surface area contributed by atoms with E-state index in [4.69, 9.17) is 14.3 Å². The third kappa shape index (κ3) is 4.85. The molecule has 202 valence electrons. The average Bonchev–Trinajstić information content (AvgIpc) is 3.49. The van der Waals surface area contributed by atoms with Crippen LogP contribution in [0.2, 0.25) is 0 Å². The van der Waals surface area contributed by atoms with Gasteiger partial charge in [0.05, 0.1) is 24.0 Å². The predicted octanol–water partition coefficient (Wildman–Crippen LogP) is 6.48. The highest BCUT2D eigenvalue weighted by Crippen LogP contribution is 2.48. The minimum Gasteiger partial charge on any atom is -0.490 e. The number of fused-ring (bicyclic) bond motifs is 1. The first-order chi connectivity index (χ1) is 19.5. The lowest BCUT2D eigenvalue weighted by Crippen LogP contribution is -2.37. The second-order valence-corrected chi connectivity index (χ2v) is 10.5. The Kier molecular flexibility index (Phi) is 7.28. The van der Waals surface area contributed by atoms with E-state index in [1.807, 2.05) is 85.8 Å². The van der Waals surface area contributed by atoms with Crippen molar-refractivity contribution in [2.45, 2.75) is 25.7 Å². The Balaban J connectivity index is 1.37. The van der Waals surface area contributed by atoms with E-state index in [9.17, 15) is 9.59 Å². The molecule has 3 atom stereocenters. The van der Waals surface area contributed by atoms with E-state index in [1.165, 1.54) is 4.90 Å². The zero-order chi connectivity index (χ0) is 27.6. The molecule has 0 radical (unpaired) electrons. The molecular weight excluding hydrogens is 572 g/mol. The Bertz CT molecular complexity index is 1510. The molecular formula is C32H27BrN2O5. The van der Waals surface area contributed by atoms with E-state index in [1.54, 1.807) is 29.3 Å². The molecule has 0 N–H and O–H groups in total. The van der Waals surface area contributed by atoms with E-state index in [0.29, 0.717) is 30.4 Å². The number of rotatable bonds is 8. The van der Waals surface area contributed by atoms with Crippen molar-refractivity contribution in [2.24, 2.45) is 5.92 Å². The summed E-state index contributed by atoms with van der Waals surface area (Å²) >= 11 is 3.41. The molecule has 8 heteroatoms. The van der Waals surface area contributed by atoms with Crippen molar-refractivity contribution >= 4 is 39.1 Å². The largest absolute Gasteiger partial charge is 0.490 e. The topological polar surface area (TPSA) is 68.3 Å². The fourth-order valence-corrected chi connectivity index (χ4v) is 5.49. The molecule has 2 amide bonds. The molecule has 2 aliphatic heterocycles. The number of carbonyl (C=O) groups excluding carboxylic acids is 2. The minimum absolute atomic E-state index is 0.303. The monoisotopic (exact) mass is 598 g/mol. The highest BCUT2D eigenvalue weighted by molar-refractivity contribution is 9.10. The van der Waals surface area contributed by atoms with Gasteiger partial charge in [-0.15, -0.1) is 0 Å². The number of carbonyl (C=O) groups is 2. The maximum absolute atomic E-state index is 13.9. The van der Waals surface area contributed by atoms with E-state index in [-0.39, 0.29) is 11.8 Å². The lowest BCUT2D eigenvalue weighted by molar-refractivity contribution is -0.126. The lowest BCUT2D eigenvalue weighted by atomic mass is 9.90. The number of hydroxylamine groups is 1. The standard InChI is InChI=1S/C32H27BrN2O5/c1-2-38-27-19-22(13-18-26(27)39-20-21-9-5-3-6-10-21)29-28-30(40-35(29)25-11-7-4-8-12-25)32(37)34(31(28)36)24-16-14-23(33)15-17-24/h3-19,28-30H,2,20H2,1H3/t28-,29+,30+/m0/s1. The van der Waals surface area contributed by atoms with Crippen molar-refractivity contribution < 1.29 is 23.9 Å². The molecule has 0 saturated carbocycles. The zero-order valence-corrected chi connectivity index (χ0v) is 23.4. The molecule has 6 rings (SSSR count). The highest BCUT2D eigenvalue weighted by Gasteiger charge is 2.60. The van der Waals surface area contributed by atoms with Gasteiger partial charge in [0.15, 0.2) is 17.6 Å². The summed E-state index contributed by atoms with van der Waals surface area (Å²) in [5.74, 6) is -0.269. The summed E-state index contributed by atoms with van der Waals surface area (Å²) in [4.78, 5) is 35.0. The number of nitrogens with zero attached hydrogens (tertiary/aromatic N) is 2. The van der Waals surface area contributed by atoms with Gasteiger partial charge in [0.1, 0.15) is 12.5 Å². The van der Waals surface area contributed by atoms with Crippen LogP contribution in [-0.4, -0.2) is 24.5 Å². The number of amides is 2. The second kappa shape index (κ2) is 11.2. The quantitative estimate of drug-likeness (QED) is 0.216. The molecule has 0 aromatic heterocycles. The number of ether oxygens (including phenoxy) is 2. The maximum Gasteiger partial charge on any atom is 0.266 e. The first-order valence-electron chi connectivity index (χ1n) is 13.1. The summed E-state index contributed by atoms with van der Waals surface area (Å²) < 4.78 is 12.9. The van der Waals surface area contributed by atoms with Gasteiger partial charge in [0.2, 0.25) is 5.91 Å². The molecule has 2 aliphatic rings. The van der Waals surface area contributed by atoms with Crippen LogP contribution in [0.4, 0.5) is 11.4 Å². The number of anilines is 2. The Labute approximate surface area is 241 Å². The second-order valence-electron chi connectivity index (χ2n) is 9.56. The van der Waals surface area contributed by atoms with Crippen molar-refractivity contribution in [2.75, 3.05) is 16.6 Å². The van der Waals surface area contributed by atoms with Crippen molar-refractivity contribution in [3.63, 3.8) is 0 Å². The Hall–Kier alpha value is -4.14. The Morgan fingerprint density at radius 3 is 2.17 bits per heavy atom. The molecule has 2 fully saturated rings. The zero-order valence-electron chi connectivity index (χ0n) is 21.8. The van der Waals surface area contributed by atoms with Gasteiger partial charge >= 0.3 is 0 Å². The number of benzene rings is 4. The molecule has 2 heterocycles. The van der Waals surface area contributed by atoms with Gasteiger partial charge in [-0.05, 0) is 66.6 Å². The van der Waals surface area contributed by atoms with Gasteiger partial charge in [-0.3, -0.25) is 14.4 Å². The van der Waals surface area contributed by atoms with Crippen LogP contribution in [0.3, 0.4) is 0 Å². The van der Waals surface area contributed by atoms with Crippen LogP contribution in [0.1, 0.15) is 24.1 Å². The van der Waals surface area contributed by atoms with Crippen LogP contribution in [0.5, 0.6) is 11.5 Å². The van der Waals surface area contributed by atoms with E-state index < -0.39 is 18.1 Å². The average molecular weight is 599 g/mol. The van der Waals surface area contributed by atoms with Crippen LogP contribution in [-0.2, 0) is 21.0 Å². The summed E-state index contributed by atoms with van der Waals surface area (Å²) in [6, 6.07) is 31.6. The third-order valence-corrected chi connectivity index (χ3v) is 7.59. The lowest BCUT2D eigenvalue weighted by Gasteiger charge is -2.29. The molecule has 0 bridgehead atoms. The molecule has 40 heavy (non-hydrogen) atoms. The molecule has 7 nitrogen and oxygen atoms in total. The Morgan fingerprint density at radius 2 is 1.48 bits per heavy atom. The van der Waals surface area contributed by atoms with Crippen molar-refractivity contribution in [1.29, 1.82) is 0 Å². The van der Waals surface area contributed by atoms with Crippen LogP contribution >= 0.6 is 15.9 Å². The van der Waals surface area contributed by atoms with Gasteiger partial charge in [0.25, 0.3) is 5.91 Å². The molecule has 0 spiro atoms. The number of hydrogen-bond donors (Lipinski definition) is 0.